The Morgan fingerprint density at radius 3 is 3.17 bits per heavy atom. The second-order valence-corrected chi connectivity index (χ2v) is 2.99. The second kappa shape index (κ2) is 3.54. The van der Waals surface area contributed by atoms with Crippen LogP contribution in [0.3, 0.4) is 0 Å². The van der Waals surface area contributed by atoms with E-state index in [0.717, 1.165) is 19.8 Å². The minimum absolute atomic E-state index is 0.950. The molecule has 0 spiro atoms. The van der Waals surface area contributed by atoms with Gasteiger partial charge in [0.25, 0.3) is 0 Å². The van der Waals surface area contributed by atoms with Crippen molar-refractivity contribution < 1.29 is 0 Å². The maximum Gasteiger partial charge on any atom is 0.0682 e. The van der Waals surface area contributed by atoms with Gasteiger partial charge in [-0.25, -0.2) is 0 Å². The highest BCUT2D eigenvalue weighted by molar-refractivity contribution is 5.43. The molecule has 0 aromatic carbocycles. The molecule has 1 fully saturated rings. The molecule has 0 unspecified atom stereocenters. The molecular weight excluding hydrogens is 150 g/mol. The fourth-order valence-electron chi connectivity index (χ4n) is 1.45. The van der Waals surface area contributed by atoms with Crippen molar-refractivity contribution in [1.29, 1.82) is 0 Å². The van der Waals surface area contributed by atoms with E-state index >= 15 is 0 Å². The summed E-state index contributed by atoms with van der Waals surface area (Å²) in [6.07, 6.45) is 4.93. The van der Waals surface area contributed by atoms with Gasteiger partial charge in [0.15, 0.2) is 0 Å². The van der Waals surface area contributed by atoms with Crippen LogP contribution < -0.4 is 10.2 Å². The lowest BCUT2D eigenvalue weighted by atomic mass is 10.3. The number of pyridine rings is 1. The molecule has 0 amide bonds. The Bertz CT molecular complexity index is 229. The zero-order valence-electron chi connectivity index (χ0n) is 7.03. The average Bonchev–Trinajstić information content (AvgIpc) is 2.21. The van der Waals surface area contributed by atoms with Gasteiger partial charge < -0.3 is 4.90 Å². The zero-order chi connectivity index (χ0) is 8.23. The van der Waals surface area contributed by atoms with Crippen molar-refractivity contribution in [3.63, 3.8) is 0 Å². The molecule has 1 saturated heterocycles. The summed E-state index contributed by atoms with van der Waals surface area (Å²) in [6.45, 7) is 3.22. The number of rotatable bonds is 1. The molecule has 0 radical (unpaired) electrons. The molecule has 2 rings (SSSR count). The Hall–Kier alpha value is -1.09. The summed E-state index contributed by atoms with van der Waals surface area (Å²) in [4.78, 5) is 6.39. The van der Waals surface area contributed by atoms with Gasteiger partial charge in [0.2, 0.25) is 0 Å². The van der Waals surface area contributed by atoms with E-state index in [-0.39, 0.29) is 0 Å². The molecular formula is C9H13N3. The minimum Gasteiger partial charge on any atom is -0.357 e. The van der Waals surface area contributed by atoms with Crippen LogP contribution in [0.15, 0.2) is 24.5 Å². The number of hydrogen-bond donors (Lipinski definition) is 1. The normalized spacial score (nSPS) is 17.8. The van der Waals surface area contributed by atoms with E-state index in [9.17, 15) is 0 Å². The molecule has 1 aliphatic rings. The van der Waals surface area contributed by atoms with Crippen molar-refractivity contribution in [1.82, 2.24) is 10.3 Å². The summed E-state index contributed by atoms with van der Waals surface area (Å²) in [5.74, 6) is 0. The van der Waals surface area contributed by atoms with Crippen molar-refractivity contribution in [3.05, 3.63) is 24.5 Å². The van der Waals surface area contributed by atoms with E-state index < -0.39 is 0 Å². The molecule has 1 aliphatic heterocycles. The lowest BCUT2D eigenvalue weighted by Crippen LogP contribution is -2.41. The largest absolute Gasteiger partial charge is 0.357 e. The highest BCUT2D eigenvalue weighted by atomic mass is 15.2. The first kappa shape index (κ1) is 7.55. The van der Waals surface area contributed by atoms with Crippen molar-refractivity contribution in [2.24, 2.45) is 0 Å². The molecule has 2 heterocycles. The summed E-state index contributed by atoms with van der Waals surface area (Å²) in [5.41, 5.74) is 1.21. The molecule has 12 heavy (non-hydrogen) atoms. The van der Waals surface area contributed by atoms with Crippen LogP contribution in [0.5, 0.6) is 0 Å². The third kappa shape index (κ3) is 1.56. The van der Waals surface area contributed by atoms with E-state index in [2.05, 4.69) is 21.3 Å². The maximum atomic E-state index is 4.09. The monoisotopic (exact) mass is 163 g/mol. The van der Waals surface area contributed by atoms with Gasteiger partial charge in [-0.2, -0.15) is 0 Å². The highest BCUT2D eigenvalue weighted by Crippen LogP contribution is 2.12. The van der Waals surface area contributed by atoms with Crippen LogP contribution in [0, 0.1) is 0 Å². The fourth-order valence-corrected chi connectivity index (χ4v) is 1.45. The van der Waals surface area contributed by atoms with Crippen LogP contribution >= 0.6 is 0 Å². The van der Waals surface area contributed by atoms with E-state index in [1.165, 1.54) is 12.1 Å². The van der Waals surface area contributed by atoms with Crippen molar-refractivity contribution in [2.75, 3.05) is 24.7 Å². The molecule has 0 aliphatic carbocycles. The van der Waals surface area contributed by atoms with Crippen molar-refractivity contribution >= 4 is 5.69 Å². The highest BCUT2D eigenvalue weighted by Gasteiger charge is 2.08. The number of aromatic nitrogens is 1. The molecule has 64 valence electrons. The number of anilines is 1. The summed E-state index contributed by atoms with van der Waals surface area (Å²) < 4.78 is 0. The van der Waals surface area contributed by atoms with Gasteiger partial charge in [0.1, 0.15) is 0 Å². The molecule has 0 atom stereocenters. The molecule has 1 N–H and O–H groups in total. The summed E-state index contributed by atoms with van der Waals surface area (Å²) in [5, 5.41) is 3.33. The van der Waals surface area contributed by atoms with E-state index in [1.807, 2.05) is 12.3 Å². The molecule has 0 bridgehead atoms. The minimum atomic E-state index is 0.950. The topological polar surface area (TPSA) is 28.2 Å². The van der Waals surface area contributed by atoms with Crippen LogP contribution in [0.25, 0.3) is 0 Å². The van der Waals surface area contributed by atoms with Crippen LogP contribution in [0.1, 0.15) is 6.42 Å². The molecule has 3 nitrogen and oxygen atoms in total. The third-order valence-electron chi connectivity index (χ3n) is 2.10. The van der Waals surface area contributed by atoms with Crippen molar-refractivity contribution in [2.45, 2.75) is 6.42 Å². The van der Waals surface area contributed by atoms with Gasteiger partial charge in [-0.15, -0.1) is 0 Å². The maximum absolute atomic E-state index is 4.09. The van der Waals surface area contributed by atoms with Crippen LogP contribution in [-0.4, -0.2) is 24.7 Å². The van der Waals surface area contributed by atoms with Gasteiger partial charge in [0, 0.05) is 12.7 Å². The standard InChI is InChI=1S/C9H13N3/c1-3-9(7-10-4-1)12-6-2-5-11-8-12/h1,3-4,7,11H,2,5-6,8H2. The van der Waals surface area contributed by atoms with E-state index in [4.69, 9.17) is 0 Å². The average molecular weight is 163 g/mol. The Morgan fingerprint density at radius 2 is 2.50 bits per heavy atom. The number of hydrogen-bond acceptors (Lipinski definition) is 3. The number of nitrogens with zero attached hydrogens (tertiary/aromatic N) is 2. The van der Waals surface area contributed by atoms with Crippen molar-refractivity contribution in [3.8, 4) is 0 Å². The molecule has 0 saturated carbocycles. The Labute approximate surface area is 72.4 Å². The van der Waals surface area contributed by atoms with Crippen LogP contribution in [0.2, 0.25) is 0 Å². The zero-order valence-corrected chi connectivity index (χ0v) is 7.03. The quantitative estimate of drug-likeness (QED) is 0.665. The predicted molar refractivity (Wildman–Crippen MR) is 49.1 cm³/mol. The van der Waals surface area contributed by atoms with Crippen LogP contribution in [-0.2, 0) is 0 Å². The SMILES string of the molecule is c1cncc(N2CCCNC2)c1. The number of nitrogens with one attached hydrogen (secondary N) is 1. The lowest BCUT2D eigenvalue weighted by molar-refractivity contribution is 0.552. The molecule has 1 aromatic heterocycles. The smallest absolute Gasteiger partial charge is 0.0682 e. The Balaban J connectivity index is 2.08. The van der Waals surface area contributed by atoms with Gasteiger partial charge >= 0.3 is 0 Å². The third-order valence-corrected chi connectivity index (χ3v) is 2.10. The Kier molecular flexibility index (Phi) is 2.23. The van der Waals surface area contributed by atoms with Gasteiger partial charge in [0.05, 0.1) is 18.6 Å². The molecule has 1 aromatic rings. The summed E-state index contributed by atoms with van der Waals surface area (Å²) in [7, 11) is 0. The first-order chi connectivity index (χ1) is 5.97. The predicted octanol–water partition coefficient (Wildman–Crippen LogP) is 0.839. The van der Waals surface area contributed by atoms with Gasteiger partial charge in [-0.3, -0.25) is 10.3 Å². The summed E-state index contributed by atoms with van der Waals surface area (Å²) >= 11 is 0. The van der Waals surface area contributed by atoms with Gasteiger partial charge in [-0.1, -0.05) is 0 Å². The van der Waals surface area contributed by atoms with Crippen LogP contribution in [0.4, 0.5) is 5.69 Å². The lowest BCUT2D eigenvalue weighted by Gasteiger charge is -2.28. The van der Waals surface area contributed by atoms with E-state index in [1.54, 1.807) is 6.20 Å². The second-order valence-electron chi connectivity index (χ2n) is 2.99. The van der Waals surface area contributed by atoms with Gasteiger partial charge in [-0.05, 0) is 25.1 Å². The van der Waals surface area contributed by atoms with E-state index in [0.29, 0.717) is 0 Å². The molecule has 3 heteroatoms. The first-order valence-electron chi connectivity index (χ1n) is 4.32. The first-order valence-corrected chi connectivity index (χ1v) is 4.32. The Morgan fingerprint density at radius 1 is 1.50 bits per heavy atom. The summed E-state index contributed by atoms with van der Waals surface area (Å²) in [6, 6.07) is 4.07. The fraction of sp³-hybridized carbons (Fsp3) is 0.444.